The zero-order valence-corrected chi connectivity index (χ0v) is 23.5. The summed E-state index contributed by atoms with van der Waals surface area (Å²) in [5.41, 5.74) is 3.40. The van der Waals surface area contributed by atoms with E-state index in [0.29, 0.717) is 13.0 Å². The van der Waals surface area contributed by atoms with Crippen LogP contribution in [0.25, 0.3) is 10.2 Å². The summed E-state index contributed by atoms with van der Waals surface area (Å²) in [5, 5.41) is 1.56. The first-order valence-corrected chi connectivity index (χ1v) is 14.0. The average Bonchev–Trinajstić information content (AvgIpc) is 3.25. The number of hydrogen-bond acceptors (Lipinski definition) is 6. The first-order valence-electron chi connectivity index (χ1n) is 11.9. The Morgan fingerprint density at radius 2 is 1.91 bits per heavy atom. The van der Waals surface area contributed by atoms with Crippen molar-refractivity contribution in [1.82, 2.24) is 9.88 Å². The monoisotopic (exact) mass is 553 g/mol. The molecule has 1 fully saturated rings. The topological polar surface area (TPSA) is 45.7 Å². The number of halogens is 2. The van der Waals surface area contributed by atoms with Gasteiger partial charge in [-0.25, -0.2) is 4.98 Å². The third-order valence-electron chi connectivity index (χ3n) is 5.93. The lowest BCUT2D eigenvalue weighted by atomic mass is 10.1. The highest BCUT2D eigenvalue weighted by molar-refractivity contribution is 7.99. The van der Waals surface area contributed by atoms with E-state index < -0.39 is 0 Å². The molecule has 0 bridgehead atoms. The van der Waals surface area contributed by atoms with E-state index in [1.165, 1.54) is 10.5 Å². The Morgan fingerprint density at radius 3 is 2.66 bits per heavy atom. The van der Waals surface area contributed by atoms with Crippen LogP contribution < -0.4 is 4.90 Å². The summed E-state index contributed by atoms with van der Waals surface area (Å²) in [5.74, 6) is 1.06. The summed E-state index contributed by atoms with van der Waals surface area (Å²) in [6.07, 6.45) is 2.28. The number of hydrogen-bond donors (Lipinski definition) is 0. The molecule has 2 heterocycles. The number of amides is 1. The number of nitrogens with zero attached hydrogens (tertiary/aromatic N) is 3. The summed E-state index contributed by atoms with van der Waals surface area (Å²) >= 11 is 9.36. The Bertz CT molecular complexity index is 1100. The number of benzene rings is 2. The van der Waals surface area contributed by atoms with Crippen LogP contribution in [0.5, 0.6) is 0 Å². The van der Waals surface area contributed by atoms with Gasteiger partial charge in [0.2, 0.25) is 5.91 Å². The minimum atomic E-state index is 0. The van der Waals surface area contributed by atoms with Crippen molar-refractivity contribution < 1.29 is 9.53 Å². The first kappa shape index (κ1) is 28.2. The van der Waals surface area contributed by atoms with Gasteiger partial charge in [-0.05, 0) is 73.9 Å². The van der Waals surface area contributed by atoms with Gasteiger partial charge in [-0.1, -0.05) is 29.0 Å². The van der Waals surface area contributed by atoms with Crippen molar-refractivity contribution in [1.29, 1.82) is 0 Å². The number of anilines is 1. The molecule has 9 heteroatoms. The Hall–Kier alpha value is -1.35. The number of aryl methyl sites for hydroxylation is 2. The molecule has 2 aromatic carbocycles. The molecule has 5 nitrogen and oxygen atoms in total. The number of carbonyl (C=O) groups is 1. The third-order valence-corrected chi connectivity index (χ3v) is 8.30. The van der Waals surface area contributed by atoms with Crippen LogP contribution in [0.4, 0.5) is 5.13 Å². The van der Waals surface area contributed by atoms with Crippen LogP contribution in [0.15, 0.2) is 41.3 Å². The van der Waals surface area contributed by atoms with Crippen molar-refractivity contribution in [3.8, 4) is 0 Å². The van der Waals surface area contributed by atoms with Crippen molar-refractivity contribution in [2.45, 2.75) is 38.0 Å². The molecule has 190 valence electrons. The zero-order valence-electron chi connectivity index (χ0n) is 20.3. The number of aromatic nitrogens is 1. The number of rotatable bonds is 10. The second-order valence-electron chi connectivity index (χ2n) is 8.68. The second-order valence-corrected chi connectivity index (χ2v) is 11.3. The Morgan fingerprint density at radius 1 is 1.17 bits per heavy atom. The van der Waals surface area contributed by atoms with Crippen molar-refractivity contribution in [2.75, 3.05) is 50.0 Å². The fourth-order valence-electron chi connectivity index (χ4n) is 4.16. The van der Waals surface area contributed by atoms with Gasteiger partial charge in [-0.3, -0.25) is 14.6 Å². The third kappa shape index (κ3) is 8.07. The van der Waals surface area contributed by atoms with Crippen molar-refractivity contribution in [2.24, 2.45) is 0 Å². The van der Waals surface area contributed by atoms with Gasteiger partial charge in [0, 0.05) is 42.5 Å². The van der Waals surface area contributed by atoms with Crippen LogP contribution >= 0.6 is 47.1 Å². The van der Waals surface area contributed by atoms with Crippen LogP contribution in [0, 0.1) is 13.8 Å². The van der Waals surface area contributed by atoms with Crippen LogP contribution in [0.3, 0.4) is 0 Å². The van der Waals surface area contributed by atoms with Gasteiger partial charge in [-0.2, -0.15) is 0 Å². The molecular weight excluding hydrogens is 521 g/mol. The highest BCUT2D eigenvalue weighted by Crippen LogP contribution is 2.32. The maximum Gasteiger partial charge on any atom is 0.228 e. The molecule has 0 atom stereocenters. The van der Waals surface area contributed by atoms with Gasteiger partial charge in [0.25, 0.3) is 0 Å². The first-order chi connectivity index (χ1) is 16.5. The second kappa shape index (κ2) is 13.8. The fraction of sp³-hybridized carbons (Fsp3) is 0.462. The van der Waals surface area contributed by atoms with Crippen LogP contribution in [-0.4, -0.2) is 60.9 Å². The van der Waals surface area contributed by atoms with E-state index in [9.17, 15) is 4.79 Å². The molecule has 0 radical (unpaired) electrons. The van der Waals surface area contributed by atoms with Gasteiger partial charge < -0.3 is 4.74 Å². The molecule has 1 amide bonds. The molecule has 0 saturated carbocycles. The summed E-state index contributed by atoms with van der Waals surface area (Å²) in [4.78, 5) is 23.8. The largest absolute Gasteiger partial charge is 0.379 e. The van der Waals surface area contributed by atoms with E-state index >= 15 is 0 Å². The SMILES string of the molecule is Cc1cc(C)c2nc(N(CCCN3CCOCC3)C(=O)CCCSc3ccc(Cl)cc3)sc2c1.Cl. The molecule has 1 saturated heterocycles. The average molecular weight is 555 g/mol. The van der Waals surface area contributed by atoms with E-state index in [1.54, 1.807) is 23.1 Å². The van der Waals surface area contributed by atoms with Gasteiger partial charge in [0.15, 0.2) is 5.13 Å². The molecule has 1 aromatic heterocycles. The van der Waals surface area contributed by atoms with Crippen molar-refractivity contribution >= 4 is 68.4 Å². The standard InChI is InChI=1S/C26H32ClN3O2S2.ClH/c1-19-17-20(2)25-23(18-19)34-26(28-25)30(11-4-10-29-12-14-32-15-13-29)24(31)5-3-16-33-22-8-6-21(27)7-9-22;/h6-9,17-18H,3-5,10-16H2,1-2H3;1H. The van der Waals surface area contributed by atoms with E-state index in [1.807, 2.05) is 29.2 Å². The molecule has 0 spiro atoms. The van der Waals surface area contributed by atoms with E-state index in [-0.39, 0.29) is 18.3 Å². The molecule has 4 rings (SSSR count). The molecule has 0 aliphatic carbocycles. The minimum Gasteiger partial charge on any atom is -0.379 e. The van der Waals surface area contributed by atoms with E-state index in [4.69, 9.17) is 21.3 Å². The lowest BCUT2D eigenvalue weighted by molar-refractivity contribution is -0.118. The maximum absolute atomic E-state index is 13.3. The number of fused-ring (bicyclic) bond motifs is 1. The zero-order chi connectivity index (χ0) is 23.9. The molecule has 0 N–H and O–H groups in total. The smallest absolute Gasteiger partial charge is 0.228 e. The Labute approximate surface area is 227 Å². The molecule has 3 aromatic rings. The van der Waals surface area contributed by atoms with Gasteiger partial charge in [0.1, 0.15) is 0 Å². The maximum atomic E-state index is 13.3. The molecule has 35 heavy (non-hydrogen) atoms. The molecule has 0 unspecified atom stereocenters. The van der Waals surface area contributed by atoms with Crippen LogP contribution in [0.1, 0.15) is 30.4 Å². The van der Waals surface area contributed by atoms with E-state index in [2.05, 4.69) is 30.9 Å². The van der Waals surface area contributed by atoms with Gasteiger partial charge >= 0.3 is 0 Å². The summed E-state index contributed by atoms with van der Waals surface area (Å²) < 4.78 is 6.61. The number of thioether (sulfide) groups is 1. The Kier molecular flexibility index (Phi) is 11.1. The highest BCUT2D eigenvalue weighted by atomic mass is 35.5. The molecule has 1 aliphatic heterocycles. The van der Waals surface area contributed by atoms with Crippen LogP contribution in [0.2, 0.25) is 5.02 Å². The number of ether oxygens (including phenoxy) is 1. The minimum absolute atomic E-state index is 0. The van der Waals surface area contributed by atoms with Crippen molar-refractivity contribution in [3.63, 3.8) is 0 Å². The predicted octanol–water partition coefficient (Wildman–Crippen LogP) is 6.62. The Balaban J connectivity index is 0.00000342. The quantitative estimate of drug-likeness (QED) is 0.208. The number of thiazole rings is 1. The normalized spacial score (nSPS) is 14.1. The lowest BCUT2D eigenvalue weighted by Crippen LogP contribution is -2.39. The van der Waals surface area contributed by atoms with E-state index in [0.717, 1.165) is 77.4 Å². The van der Waals surface area contributed by atoms with Gasteiger partial charge in [0.05, 0.1) is 23.4 Å². The van der Waals surface area contributed by atoms with Gasteiger partial charge in [-0.15, -0.1) is 24.2 Å². The van der Waals surface area contributed by atoms with Crippen molar-refractivity contribution in [3.05, 3.63) is 52.5 Å². The fourth-order valence-corrected chi connectivity index (χ4v) is 6.32. The predicted molar refractivity (Wildman–Crippen MR) is 152 cm³/mol. The summed E-state index contributed by atoms with van der Waals surface area (Å²) in [6.45, 7) is 9.40. The lowest BCUT2D eigenvalue weighted by Gasteiger charge is -2.27. The number of carbonyl (C=O) groups excluding carboxylic acids is 1. The molecular formula is C26H33Cl2N3O2S2. The summed E-state index contributed by atoms with van der Waals surface area (Å²) in [6, 6.07) is 12.2. The molecule has 1 aliphatic rings. The summed E-state index contributed by atoms with van der Waals surface area (Å²) in [7, 11) is 0. The highest BCUT2D eigenvalue weighted by Gasteiger charge is 2.21. The number of morpholine rings is 1. The van der Waals surface area contributed by atoms with Crippen LogP contribution in [-0.2, 0) is 9.53 Å².